The number of pyridine rings is 1. The summed E-state index contributed by atoms with van der Waals surface area (Å²) in [6, 6.07) is 3.76. The van der Waals surface area contributed by atoms with Gasteiger partial charge < -0.3 is 4.90 Å². The lowest BCUT2D eigenvalue weighted by molar-refractivity contribution is -0.131. The SMILES string of the molecule is CN(Cc1cccnc1)C(=O)Cn1nc2n(c1=O)CCCCC2. The molecule has 1 aliphatic heterocycles. The molecule has 1 aliphatic rings. The third kappa shape index (κ3) is 3.49. The van der Waals surface area contributed by atoms with Gasteiger partial charge in [-0.05, 0) is 24.5 Å². The van der Waals surface area contributed by atoms with Crippen molar-refractivity contribution < 1.29 is 4.79 Å². The average molecular weight is 315 g/mol. The second kappa shape index (κ2) is 6.76. The molecule has 3 heterocycles. The first kappa shape index (κ1) is 15.5. The van der Waals surface area contributed by atoms with E-state index in [0.29, 0.717) is 13.1 Å². The number of rotatable bonds is 4. The van der Waals surface area contributed by atoms with Crippen LogP contribution in [-0.4, -0.2) is 37.2 Å². The van der Waals surface area contributed by atoms with Gasteiger partial charge in [0.2, 0.25) is 5.91 Å². The van der Waals surface area contributed by atoms with Crippen molar-refractivity contribution in [2.45, 2.75) is 45.3 Å². The molecule has 0 bridgehead atoms. The van der Waals surface area contributed by atoms with Crippen LogP contribution in [0.2, 0.25) is 0 Å². The number of hydrogen-bond acceptors (Lipinski definition) is 4. The van der Waals surface area contributed by atoms with Crippen molar-refractivity contribution in [2.24, 2.45) is 0 Å². The zero-order chi connectivity index (χ0) is 16.2. The fourth-order valence-electron chi connectivity index (χ4n) is 2.83. The summed E-state index contributed by atoms with van der Waals surface area (Å²) < 4.78 is 3.00. The third-order valence-corrected chi connectivity index (χ3v) is 4.13. The van der Waals surface area contributed by atoms with Crippen molar-refractivity contribution in [3.8, 4) is 0 Å². The number of fused-ring (bicyclic) bond motifs is 1. The Kier molecular flexibility index (Phi) is 4.55. The first-order valence-electron chi connectivity index (χ1n) is 7.94. The molecule has 0 saturated heterocycles. The van der Waals surface area contributed by atoms with E-state index < -0.39 is 0 Å². The van der Waals surface area contributed by atoms with Gasteiger partial charge in [0.1, 0.15) is 12.4 Å². The molecule has 7 nitrogen and oxygen atoms in total. The van der Waals surface area contributed by atoms with Crippen molar-refractivity contribution in [3.05, 3.63) is 46.4 Å². The molecule has 0 spiro atoms. The molecule has 0 radical (unpaired) electrons. The highest BCUT2D eigenvalue weighted by Gasteiger charge is 2.18. The van der Waals surface area contributed by atoms with E-state index in [0.717, 1.165) is 37.1 Å². The Balaban J connectivity index is 1.69. The van der Waals surface area contributed by atoms with E-state index in [1.54, 1.807) is 28.9 Å². The van der Waals surface area contributed by atoms with Gasteiger partial charge in [0.05, 0.1) is 0 Å². The molecule has 122 valence electrons. The van der Waals surface area contributed by atoms with Gasteiger partial charge in [0.15, 0.2) is 0 Å². The van der Waals surface area contributed by atoms with Crippen LogP contribution in [0.5, 0.6) is 0 Å². The van der Waals surface area contributed by atoms with Crippen molar-refractivity contribution in [1.29, 1.82) is 0 Å². The van der Waals surface area contributed by atoms with Gasteiger partial charge in [-0.3, -0.25) is 14.3 Å². The summed E-state index contributed by atoms with van der Waals surface area (Å²) in [6.07, 6.45) is 7.40. The van der Waals surface area contributed by atoms with Crippen molar-refractivity contribution in [2.75, 3.05) is 7.05 Å². The number of amides is 1. The zero-order valence-electron chi connectivity index (χ0n) is 13.3. The lowest BCUT2D eigenvalue weighted by Gasteiger charge is -2.16. The van der Waals surface area contributed by atoms with Gasteiger partial charge in [-0.25, -0.2) is 9.48 Å². The number of nitrogens with zero attached hydrogens (tertiary/aromatic N) is 5. The largest absolute Gasteiger partial charge is 0.346 e. The molecule has 3 rings (SSSR count). The van der Waals surface area contributed by atoms with Crippen LogP contribution >= 0.6 is 0 Å². The van der Waals surface area contributed by atoms with E-state index in [2.05, 4.69) is 10.1 Å². The van der Waals surface area contributed by atoms with Crippen LogP contribution in [0.3, 0.4) is 0 Å². The molecule has 0 N–H and O–H groups in total. The quantitative estimate of drug-likeness (QED) is 0.837. The first-order valence-corrected chi connectivity index (χ1v) is 7.94. The summed E-state index contributed by atoms with van der Waals surface area (Å²) in [7, 11) is 1.72. The number of hydrogen-bond donors (Lipinski definition) is 0. The number of aromatic nitrogens is 4. The summed E-state index contributed by atoms with van der Waals surface area (Å²) in [5.74, 6) is 0.666. The minimum atomic E-state index is -0.176. The monoisotopic (exact) mass is 315 g/mol. The average Bonchev–Trinajstić information content (AvgIpc) is 2.73. The zero-order valence-corrected chi connectivity index (χ0v) is 13.3. The van der Waals surface area contributed by atoms with Crippen molar-refractivity contribution >= 4 is 5.91 Å². The molecule has 0 aliphatic carbocycles. The van der Waals surface area contributed by atoms with Gasteiger partial charge in [-0.1, -0.05) is 12.5 Å². The molecule has 1 amide bonds. The molecule has 0 fully saturated rings. The summed E-state index contributed by atoms with van der Waals surface area (Å²) in [5.41, 5.74) is 0.779. The predicted octanol–water partition coefficient (Wildman–Crippen LogP) is 0.825. The highest BCUT2D eigenvalue weighted by atomic mass is 16.2. The van der Waals surface area contributed by atoms with Crippen LogP contribution in [0, 0.1) is 0 Å². The van der Waals surface area contributed by atoms with Crippen LogP contribution in [0.25, 0.3) is 0 Å². The predicted molar refractivity (Wildman–Crippen MR) is 84.8 cm³/mol. The molecular formula is C16H21N5O2. The maximum atomic E-state index is 12.4. The molecule has 23 heavy (non-hydrogen) atoms. The minimum absolute atomic E-state index is 0.0183. The Hall–Kier alpha value is -2.44. The van der Waals surface area contributed by atoms with E-state index >= 15 is 0 Å². The molecule has 0 saturated carbocycles. The van der Waals surface area contributed by atoms with Gasteiger partial charge >= 0.3 is 5.69 Å². The van der Waals surface area contributed by atoms with Crippen LogP contribution in [0.1, 0.15) is 30.7 Å². The fourth-order valence-corrected chi connectivity index (χ4v) is 2.83. The Morgan fingerprint density at radius 2 is 2.22 bits per heavy atom. The molecule has 7 heteroatoms. The number of carbonyl (C=O) groups excluding carboxylic acids is 1. The van der Waals surface area contributed by atoms with E-state index in [1.807, 2.05) is 12.1 Å². The first-order chi connectivity index (χ1) is 11.1. The summed E-state index contributed by atoms with van der Waals surface area (Å²) in [5, 5.41) is 4.35. The van der Waals surface area contributed by atoms with E-state index in [1.165, 1.54) is 4.68 Å². The fraction of sp³-hybridized carbons (Fsp3) is 0.500. The lowest BCUT2D eigenvalue weighted by Crippen LogP contribution is -2.34. The van der Waals surface area contributed by atoms with E-state index in [9.17, 15) is 9.59 Å². The standard InChI is InChI=1S/C16H21N5O2/c1-19(11-13-6-5-8-17-10-13)15(22)12-21-16(23)20-9-4-2-3-7-14(20)18-21/h5-6,8,10H,2-4,7,9,11-12H2,1H3. The Bertz CT molecular complexity index is 735. The normalized spacial score (nSPS) is 14.1. The highest BCUT2D eigenvalue weighted by molar-refractivity contribution is 5.75. The van der Waals surface area contributed by atoms with Crippen molar-refractivity contribution in [3.63, 3.8) is 0 Å². The maximum Gasteiger partial charge on any atom is 0.346 e. The second-order valence-electron chi connectivity index (χ2n) is 5.93. The molecule has 2 aromatic rings. The summed E-state index contributed by atoms with van der Waals surface area (Å²) in [6.45, 7) is 1.15. The van der Waals surface area contributed by atoms with Crippen molar-refractivity contribution in [1.82, 2.24) is 24.2 Å². The van der Waals surface area contributed by atoms with Gasteiger partial charge in [-0.2, -0.15) is 5.10 Å². The van der Waals surface area contributed by atoms with E-state index in [-0.39, 0.29) is 18.1 Å². The number of likely N-dealkylation sites (N-methyl/N-ethyl adjacent to an activating group) is 1. The number of aryl methyl sites for hydroxylation is 1. The molecular weight excluding hydrogens is 294 g/mol. The smallest absolute Gasteiger partial charge is 0.340 e. The lowest BCUT2D eigenvalue weighted by atomic mass is 10.2. The molecule has 0 atom stereocenters. The Morgan fingerprint density at radius 1 is 1.35 bits per heavy atom. The maximum absolute atomic E-state index is 12.4. The third-order valence-electron chi connectivity index (χ3n) is 4.13. The molecule has 0 unspecified atom stereocenters. The number of carbonyl (C=O) groups is 1. The molecule has 2 aromatic heterocycles. The second-order valence-corrected chi connectivity index (χ2v) is 5.93. The Labute approximate surface area is 134 Å². The van der Waals surface area contributed by atoms with Gasteiger partial charge in [0.25, 0.3) is 0 Å². The van der Waals surface area contributed by atoms with E-state index in [4.69, 9.17) is 0 Å². The summed E-state index contributed by atoms with van der Waals surface area (Å²) in [4.78, 5) is 30.3. The highest BCUT2D eigenvalue weighted by Crippen LogP contribution is 2.10. The topological polar surface area (TPSA) is 73.0 Å². The summed E-state index contributed by atoms with van der Waals surface area (Å²) >= 11 is 0. The van der Waals surface area contributed by atoms with Crippen LogP contribution in [0.4, 0.5) is 0 Å². The van der Waals surface area contributed by atoms with Gasteiger partial charge in [-0.15, -0.1) is 0 Å². The minimum Gasteiger partial charge on any atom is -0.340 e. The van der Waals surface area contributed by atoms with Crippen LogP contribution < -0.4 is 5.69 Å². The molecule has 0 aromatic carbocycles. The van der Waals surface area contributed by atoms with Gasteiger partial charge in [0, 0.05) is 39.0 Å². The van der Waals surface area contributed by atoms with Crippen LogP contribution in [-0.2, 0) is 30.8 Å². The Morgan fingerprint density at radius 3 is 3.00 bits per heavy atom. The van der Waals surface area contributed by atoms with Crippen LogP contribution in [0.15, 0.2) is 29.3 Å².